The van der Waals surface area contributed by atoms with Crippen LogP contribution < -0.4 is 10.6 Å². The lowest BCUT2D eigenvalue weighted by atomic mass is 10.0. The summed E-state index contributed by atoms with van der Waals surface area (Å²) in [4.78, 5) is 48.5. The second kappa shape index (κ2) is 34.0. The van der Waals surface area contributed by atoms with E-state index >= 15 is 0 Å². The Labute approximate surface area is 268 Å². The fourth-order valence-corrected chi connectivity index (χ4v) is 4.48. The lowest BCUT2D eigenvalue weighted by Gasteiger charge is -2.14. The maximum absolute atomic E-state index is 12.2. The molecule has 0 aromatic rings. The van der Waals surface area contributed by atoms with Gasteiger partial charge in [-0.15, -0.1) is 0 Å². The Morgan fingerprint density at radius 2 is 1.20 bits per heavy atom. The number of carbonyl (C=O) groups excluding carboxylic acids is 3. The largest absolute Gasteiger partial charge is 0.480 e. The molecule has 0 aliphatic rings. The lowest BCUT2D eigenvalue weighted by molar-refractivity contribution is -0.142. The Morgan fingerprint density at radius 1 is 0.689 bits per heavy atom. The molecule has 1 unspecified atom stereocenters. The highest BCUT2D eigenvalue weighted by Crippen LogP contribution is 2.13. The van der Waals surface area contributed by atoms with E-state index in [0.717, 1.165) is 38.5 Å². The van der Waals surface area contributed by atoms with Crippen LogP contribution in [0.1, 0.15) is 109 Å². The average Bonchev–Trinajstić information content (AvgIpc) is 3.02. The van der Waals surface area contributed by atoms with Crippen molar-refractivity contribution in [1.82, 2.24) is 10.6 Å². The second-order valence-corrected chi connectivity index (χ2v) is 10.8. The summed E-state index contributed by atoms with van der Waals surface area (Å²) in [5, 5.41) is 18.0. The summed E-state index contributed by atoms with van der Waals surface area (Å²) in [6.45, 7) is 3.75. The first-order valence-corrected chi connectivity index (χ1v) is 16.6. The number of carboxylic acids is 1. The standard InChI is InChI=1S/C31H57N5O9/c32-36-34-19-22-43-24-26-44-25-23-42-21-18-33-29(38)17-16-28(31(40)41)35-30(39)15-13-11-9-7-5-3-1-2-4-6-8-10-12-14-20-45-27-37/h27-28H,1-26H2,(H,33,38)(H,35,39)(H,40,41). The predicted octanol–water partition coefficient (Wildman–Crippen LogP) is 4.84. The molecule has 14 heteroatoms. The van der Waals surface area contributed by atoms with Gasteiger partial charge in [-0.05, 0) is 24.8 Å². The van der Waals surface area contributed by atoms with Gasteiger partial charge in [0.25, 0.3) is 6.47 Å². The second-order valence-electron chi connectivity index (χ2n) is 10.8. The van der Waals surface area contributed by atoms with Gasteiger partial charge in [-0.3, -0.25) is 14.4 Å². The number of hydrogen-bond acceptors (Lipinski definition) is 9. The number of hydrogen-bond donors (Lipinski definition) is 3. The van der Waals surface area contributed by atoms with Crippen molar-refractivity contribution in [3.05, 3.63) is 10.4 Å². The Bertz CT molecular complexity index is 797. The highest BCUT2D eigenvalue weighted by Gasteiger charge is 2.20. The van der Waals surface area contributed by atoms with Gasteiger partial charge in [0.1, 0.15) is 6.04 Å². The van der Waals surface area contributed by atoms with Crippen molar-refractivity contribution in [3.8, 4) is 0 Å². The molecule has 0 saturated heterocycles. The number of carboxylic acid groups (broad SMARTS) is 1. The molecule has 0 aromatic heterocycles. The molecule has 0 rings (SSSR count). The van der Waals surface area contributed by atoms with Crippen LogP contribution in [0.3, 0.4) is 0 Å². The van der Waals surface area contributed by atoms with Gasteiger partial charge >= 0.3 is 5.97 Å². The van der Waals surface area contributed by atoms with E-state index in [4.69, 9.17) is 19.7 Å². The smallest absolute Gasteiger partial charge is 0.326 e. The molecule has 0 aliphatic carbocycles. The quantitative estimate of drug-likeness (QED) is 0.0284. The minimum Gasteiger partial charge on any atom is -0.480 e. The van der Waals surface area contributed by atoms with E-state index in [1.807, 2.05) is 0 Å². The van der Waals surface area contributed by atoms with Crippen LogP contribution in [0.15, 0.2) is 5.11 Å². The summed E-state index contributed by atoms with van der Waals surface area (Å²) in [5.41, 5.74) is 8.15. The molecule has 1 atom stereocenters. The van der Waals surface area contributed by atoms with Gasteiger partial charge in [0.05, 0.1) is 46.2 Å². The fraction of sp³-hybridized carbons (Fsp3) is 0.871. The molecule has 0 spiro atoms. The van der Waals surface area contributed by atoms with Crippen molar-refractivity contribution in [1.29, 1.82) is 0 Å². The van der Waals surface area contributed by atoms with Gasteiger partial charge in [0, 0.05) is 30.8 Å². The first-order chi connectivity index (χ1) is 22.0. The molecule has 2 amide bonds. The third kappa shape index (κ3) is 32.3. The third-order valence-corrected chi connectivity index (χ3v) is 6.99. The number of unbranched alkanes of at least 4 members (excludes halogenated alkanes) is 13. The summed E-state index contributed by atoms with van der Waals surface area (Å²) >= 11 is 0. The minimum atomic E-state index is -1.15. The number of ether oxygens (including phenoxy) is 4. The maximum atomic E-state index is 12.2. The molecule has 3 N–H and O–H groups in total. The number of amides is 2. The molecule has 0 fully saturated rings. The van der Waals surface area contributed by atoms with Crippen molar-refractivity contribution in [3.63, 3.8) is 0 Å². The summed E-state index contributed by atoms with van der Waals surface area (Å²) in [5.74, 6) is -1.75. The van der Waals surface area contributed by atoms with Crippen molar-refractivity contribution < 1.29 is 43.2 Å². The predicted molar refractivity (Wildman–Crippen MR) is 170 cm³/mol. The molecule has 0 aliphatic heterocycles. The maximum Gasteiger partial charge on any atom is 0.326 e. The van der Waals surface area contributed by atoms with Crippen molar-refractivity contribution in [2.24, 2.45) is 5.11 Å². The highest BCUT2D eigenvalue weighted by atomic mass is 16.5. The zero-order valence-electron chi connectivity index (χ0n) is 27.1. The van der Waals surface area contributed by atoms with Crippen LogP contribution in [0.4, 0.5) is 0 Å². The van der Waals surface area contributed by atoms with E-state index in [0.29, 0.717) is 52.7 Å². The average molecular weight is 644 g/mol. The van der Waals surface area contributed by atoms with E-state index < -0.39 is 12.0 Å². The van der Waals surface area contributed by atoms with Gasteiger partial charge < -0.3 is 34.7 Å². The van der Waals surface area contributed by atoms with Crippen LogP contribution in [-0.4, -0.2) is 94.7 Å². The first kappa shape index (κ1) is 42.1. The summed E-state index contributed by atoms with van der Waals surface area (Å²) < 4.78 is 20.6. The van der Waals surface area contributed by atoms with E-state index in [2.05, 4.69) is 25.4 Å². The summed E-state index contributed by atoms with van der Waals surface area (Å²) in [7, 11) is 0. The van der Waals surface area contributed by atoms with Crippen LogP contribution in [-0.2, 0) is 38.1 Å². The van der Waals surface area contributed by atoms with E-state index in [-0.39, 0.29) is 44.2 Å². The molecule has 0 saturated carbocycles. The number of rotatable bonds is 35. The zero-order valence-corrected chi connectivity index (χ0v) is 27.1. The van der Waals surface area contributed by atoms with Gasteiger partial charge in [-0.1, -0.05) is 82.2 Å². The molecule has 0 radical (unpaired) electrons. The number of aliphatic carboxylic acids is 1. The molecular weight excluding hydrogens is 586 g/mol. The molecule has 260 valence electrons. The molecule has 0 heterocycles. The normalized spacial score (nSPS) is 11.4. The van der Waals surface area contributed by atoms with Crippen molar-refractivity contribution >= 4 is 24.3 Å². The molecule has 14 nitrogen and oxygen atoms in total. The van der Waals surface area contributed by atoms with Gasteiger partial charge in [-0.2, -0.15) is 0 Å². The summed E-state index contributed by atoms with van der Waals surface area (Å²) in [6, 6.07) is -1.09. The zero-order chi connectivity index (χ0) is 33.1. The number of nitrogens with one attached hydrogen (secondary N) is 2. The highest BCUT2D eigenvalue weighted by molar-refractivity contribution is 5.84. The van der Waals surface area contributed by atoms with Crippen LogP contribution in [0.2, 0.25) is 0 Å². The van der Waals surface area contributed by atoms with Crippen molar-refractivity contribution in [2.75, 3.05) is 59.3 Å². The lowest BCUT2D eigenvalue weighted by Crippen LogP contribution is -2.41. The first-order valence-electron chi connectivity index (χ1n) is 16.6. The van der Waals surface area contributed by atoms with E-state index in [9.17, 15) is 24.3 Å². The van der Waals surface area contributed by atoms with Crippen LogP contribution >= 0.6 is 0 Å². The summed E-state index contributed by atoms with van der Waals surface area (Å²) in [6.07, 6.45) is 16.2. The number of carbonyl (C=O) groups is 4. The SMILES string of the molecule is [N-]=[N+]=NCCOCCOCCOCCNC(=O)CCC(NC(=O)CCCCCCCCCCCCCCCCOC=O)C(=O)O. The van der Waals surface area contributed by atoms with Crippen LogP contribution in [0.25, 0.3) is 10.4 Å². The monoisotopic (exact) mass is 643 g/mol. The molecular formula is C31H57N5O9. The minimum absolute atomic E-state index is 0.0146. The Hall–Kier alpha value is -2.93. The van der Waals surface area contributed by atoms with Crippen molar-refractivity contribution in [2.45, 2.75) is 115 Å². The van der Waals surface area contributed by atoms with Crippen LogP contribution in [0, 0.1) is 0 Å². The topological polar surface area (TPSA) is 198 Å². The van der Waals surface area contributed by atoms with Gasteiger partial charge in [0.2, 0.25) is 11.8 Å². The Balaban J connectivity index is 3.63. The van der Waals surface area contributed by atoms with Crippen LogP contribution in [0.5, 0.6) is 0 Å². The molecule has 0 aromatic carbocycles. The molecule has 0 bridgehead atoms. The number of azide groups is 1. The Morgan fingerprint density at radius 3 is 1.73 bits per heavy atom. The third-order valence-electron chi connectivity index (χ3n) is 6.99. The number of nitrogens with zero attached hydrogens (tertiary/aromatic N) is 3. The van der Waals surface area contributed by atoms with E-state index in [1.165, 1.54) is 51.4 Å². The van der Waals surface area contributed by atoms with Gasteiger partial charge in [0.15, 0.2) is 0 Å². The van der Waals surface area contributed by atoms with E-state index in [1.54, 1.807) is 0 Å². The van der Waals surface area contributed by atoms with Gasteiger partial charge in [-0.25, -0.2) is 4.79 Å². The Kier molecular flexibility index (Phi) is 31.7. The molecule has 45 heavy (non-hydrogen) atoms. The fourth-order valence-electron chi connectivity index (χ4n) is 4.48.